The summed E-state index contributed by atoms with van der Waals surface area (Å²) in [5.41, 5.74) is 4.10. The van der Waals surface area contributed by atoms with Crippen LogP contribution in [0, 0.1) is 5.82 Å². The number of imidazole rings is 1. The maximum absolute atomic E-state index is 14.9. The zero-order chi connectivity index (χ0) is 22.4. The van der Waals surface area contributed by atoms with Crippen molar-refractivity contribution in [2.45, 2.75) is 0 Å². The molecule has 0 aliphatic carbocycles. The fourth-order valence-electron chi connectivity index (χ4n) is 3.75. The van der Waals surface area contributed by atoms with E-state index in [-0.39, 0.29) is 12.4 Å². The molecular weight excluding hydrogens is 425 g/mol. The lowest BCUT2D eigenvalue weighted by atomic mass is 10.1. The summed E-state index contributed by atoms with van der Waals surface area (Å²) in [6, 6.07) is 13.1. The number of nitrogens with zero attached hydrogens (tertiary/aromatic N) is 4. The van der Waals surface area contributed by atoms with E-state index in [9.17, 15) is 9.50 Å². The predicted molar refractivity (Wildman–Crippen MR) is 117 cm³/mol. The molecule has 1 N–H and O–H groups in total. The molecule has 0 spiro atoms. The highest BCUT2D eigenvalue weighted by molar-refractivity contribution is 5.93. The lowest BCUT2D eigenvalue weighted by molar-refractivity contribution is -0.212. The minimum Gasteiger partial charge on any atom is -0.858 e. The summed E-state index contributed by atoms with van der Waals surface area (Å²) in [4.78, 5) is 8.41. The van der Waals surface area contributed by atoms with Crippen molar-refractivity contribution in [3.05, 3.63) is 84.7 Å². The van der Waals surface area contributed by atoms with Crippen molar-refractivity contribution in [1.29, 1.82) is 0 Å². The molecule has 0 unspecified atom stereocenters. The largest absolute Gasteiger partial charge is 0.858 e. The molecule has 1 aliphatic heterocycles. The summed E-state index contributed by atoms with van der Waals surface area (Å²) in [6.45, 7) is 0.121. The van der Waals surface area contributed by atoms with E-state index in [0.29, 0.717) is 28.4 Å². The molecule has 33 heavy (non-hydrogen) atoms. The van der Waals surface area contributed by atoms with Gasteiger partial charge in [0.15, 0.2) is 11.5 Å². The molecule has 0 bridgehead atoms. The maximum atomic E-state index is 14.9. The van der Waals surface area contributed by atoms with E-state index in [1.807, 2.05) is 22.7 Å². The number of fused-ring (bicyclic) bond motifs is 2. The van der Waals surface area contributed by atoms with Crippen molar-refractivity contribution in [2.24, 2.45) is 4.99 Å². The van der Waals surface area contributed by atoms with Crippen LogP contribution in [0.1, 0.15) is 5.56 Å². The van der Waals surface area contributed by atoms with Gasteiger partial charge in [0.2, 0.25) is 6.79 Å². The van der Waals surface area contributed by atoms with Gasteiger partial charge in [-0.1, -0.05) is 12.1 Å². The molecule has 1 aliphatic rings. The van der Waals surface area contributed by atoms with Gasteiger partial charge in [-0.3, -0.25) is 14.5 Å². The van der Waals surface area contributed by atoms with Crippen molar-refractivity contribution < 1.29 is 19.0 Å². The van der Waals surface area contributed by atoms with Crippen LogP contribution in [-0.2, 0) is 0 Å². The molecule has 9 heteroatoms. The number of aliphatic imine (C=N–C) groups is 1. The van der Waals surface area contributed by atoms with Crippen LogP contribution in [0.4, 0.5) is 10.1 Å². The smallest absolute Gasteiger partial charge is 0.231 e. The van der Waals surface area contributed by atoms with Crippen LogP contribution in [0.15, 0.2) is 78.3 Å². The van der Waals surface area contributed by atoms with E-state index in [1.54, 1.807) is 42.9 Å². The zero-order valence-electron chi connectivity index (χ0n) is 17.0. The van der Waals surface area contributed by atoms with Gasteiger partial charge in [-0.15, -0.1) is 0 Å². The molecule has 0 atom stereocenters. The molecule has 3 aromatic heterocycles. The quantitative estimate of drug-likeness (QED) is 0.339. The first-order valence-corrected chi connectivity index (χ1v) is 10.1. The van der Waals surface area contributed by atoms with Gasteiger partial charge in [0.25, 0.3) is 0 Å². The van der Waals surface area contributed by atoms with Crippen molar-refractivity contribution >= 4 is 17.2 Å². The lowest BCUT2D eigenvalue weighted by Gasteiger charge is -2.13. The monoisotopic (exact) mass is 440 g/mol. The van der Waals surface area contributed by atoms with Crippen LogP contribution >= 0.6 is 0 Å². The molecule has 0 saturated heterocycles. The summed E-state index contributed by atoms with van der Waals surface area (Å²) in [5, 5.41) is 19.4. The first-order valence-electron chi connectivity index (χ1n) is 10.1. The number of H-pyrrole nitrogens is 1. The number of rotatable bonds is 4. The molecule has 0 saturated carbocycles. The molecule has 4 heterocycles. The van der Waals surface area contributed by atoms with Crippen LogP contribution in [0.5, 0.6) is 11.5 Å². The molecular formula is C24H15FN5O3-. The Hall–Kier alpha value is -4.66. The molecule has 2 aromatic carbocycles. The molecule has 0 fully saturated rings. The van der Waals surface area contributed by atoms with Gasteiger partial charge in [-0.05, 0) is 36.2 Å². The molecule has 6 rings (SSSR count). The van der Waals surface area contributed by atoms with Crippen molar-refractivity contribution in [2.75, 3.05) is 6.79 Å². The second-order valence-corrected chi connectivity index (χ2v) is 7.43. The van der Waals surface area contributed by atoms with Crippen LogP contribution in [0.2, 0.25) is 0 Å². The standard InChI is InChI=1S/C24H16FN5O3/c25-19-7-14(20-11-26-23-6-2-15(12-30(20)23)16-9-27-28-10-16)1-4-18(19)24(31)29-17-3-5-21-22(8-17)33-13-32-21/h1-12H,13H2,(H,27,28)(H,29,31)/p-1. The number of benzene rings is 2. The summed E-state index contributed by atoms with van der Waals surface area (Å²) >= 11 is 0. The lowest BCUT2D eigenvalue weighted by Crippen LogP contribution is -2.20. The Morgan fingerprint density at radius 1 is 1.00 bits per heavy atom. The fraction of sp³-hybridized carbons (Fsp3) is 0.0417. The summed E-state index contributed by atoms with van der Waals surface area (Å²) in [5.74, 6) is -0.260. The number of nitrogens with one attached hydrogen (secondary N) is 1. The van der Waals surface area contributed by atoms with Crippen molar-refractivity contribution in [3.63, 3.8) is 0 Å². The van der Waals surface area contributed by atoms with E-state index >= 15 is 0 Å². The van der Waals surface area contributed by atoms with E-state index in [0.717, 1.165) is 16.8 Å². The van der Waals surface area contributed by atoms with E-state index < -0.39 is 11.7 Å². The highest BCUT2D eigenvalue weighted by atomic mass is 19.1. The number of pyridine rings is 1. The SMILES string of the molecule is [O-]C(=Nc1ccc2c(c1)OCO2)c1ccc(-c2cnc3ccc(-c4cn[nH]c4)cn23)cc1F. The molecule has 0 radical (unpaired) electrons. The van der Waals surface area contributed by atoms with Gasteiger partial charge in [0.1, 0.15) is 11.5 Å². The molecule has 8 nitrogen and oxygen atoms in total. The third-order valence-corrected chi connectivity index (χ3v) is 5.42. The number of ether oxygens (including phenoxy) is 2. The maximum Gasteiger partial charge on any atom is 0.231 e. The minimum atomic E-state index is -0.682. The minimum absolute atomic E-state index is 0.121. The van der Waals surface area contributed by atoms with Crippen LogP contribution in [0.25, 0.3) is 28.0 Å². The third kappa shape index (κ3) is 3.35. The number of aromatic nitrogens is 4. The summed E-state index contributed by atoms with van der Waals surface area (Å²) in [6.07, 6.45) is 7.10. The predicted octanol–water partition coefficient (Wildman–Crippen LogP) is 3.70. The fourth-order valence-corrected chi connectivity index (χ4v) is 3.75. The van der Waals surface area contributed by atoms with Gasteiger partial charge < -0.3 is 14.6 Å². The summed E-state index contributed by atoms with van der Waals surface area (Å²) < 4.78 is 27.4. The Morgan fingerprint density at radius 2 is 1.88 bits per heavy atom. The second kappa shape index (κ2) is 7.49. The van der Waals surface area contributed by atoms with Gasteiger partial charge in [-0.25, -0.2) is 9.37 Å². The van der Waals surface area contributed by atoms with Crippen LogP contribution in [0.3, 0.4) is 0 Å². The number of aromatic amines is 1. The molecule has 162 valence electrons. The van der Waals surface area contributed by atoms with Gasteiger partial charge >= 0.3 is 0 Å². The Labute approximate surface area is 186 Å². The van der Waals surface area contributed by atoms with Crippen molar-refractivity contribution in [3.8, 4) is 33.9 Å². The highest BCUT2D eigenvalue weighted by Gasteiger charge is 2.14. The van der Waals surface area contributed by atoms with Gasteiger partial charge in [0.05, 0.1) is 23.8 Å². The number of hydrogen-bond acceptors (Lipinski definition) is 6. The Bertz CT molecular complexity index is 1520. The first-order chi connectivity index (χ1) is 16.2. The molecule has 5 aromatic rings. The summed E-state index contributed by atoms with van der Waals surface area (Å²) in [7, 11) is 0. The average molecular weight is 440 g/mol. The van der Waals surface area contributed by atoms with Gasteiger partial charge in [-0.2, -0.15) is 5.10 Å². The Morgan fingerprint density at radius 3 is 2.73 bits per heavy atom. The van der Waals surface area contributed by atoms with Crippen LogP contribution < -0.4 is 14.6 Å². The van der Waals surface area contributed by atoms with E-state index in [2.05, 4.69) is 20.2 Å². The van der Waals surface area contributed by atoms with E-state index in [4.69, 9.17) is 9.47 Å². The van der Waals surface area contributed by atoms with Crippen molar-refractivity contribution in [1.82, 2.24) is 19.6 Å². The zero-order valence-corrected chi connectivity index (χ0v) is 17.0. The van der Waals surface area contributed by atoms with Crippen LogP contribution in [-0.4, -0.2) is 32.3 Å². The van der Waals surface area contributed by atoms with Gasteiger partial charge in [0, 0.05) is 40.7 Å². The molecule has 0 amide bonds. The number of halogens is 1. The first kappa shape index (κ1) is 19.1. The third-order valence-electron chi connectivity index (χ3n) is 5.42. The highest BCUT2D eigenvalue weighted by Crippen LogP contribution is 2.35. The topological polar surface area (TPSA) is 99.9 Å². The number of hydrogen-bond donors (Lipinski definition) is 1. The Balaban J connectivity index is 1.35. The second-order valence-electron chi connectivity index (χ2n) is 7.43. The normalized spacial score (nSPS) is 13.1. The Kier molecular flexibility index (Phi) is 4.32. The van der Waals surface area contributed by atoms with E-state index in [1.165, 1.54) is 12.1 Å². The average Bonchev–Trinajstić information content (AvgIpc) is 3.58.